The molecule has 0 radical (unpaired) electrons. The van der Waals surface area contributed by atoms with E-state index >= 15 is 0 Å². The molecule has 2 aromatic carbocycles. The van der Waals surface area contributed by atoms with Gasteiger partial charge in [0, 0.05) is 28.6 Å². The first-order valence-electron chi connectivity index (χ1n) is 7.74. The summed E-state index contributed by atoms with van der Waals surface area (Å²) in [4.78, 5) is 0.105. The van der Waals surface area contributed by atoms with Crippen LogP contribution in [0.15, 0.2) is 41.3 Å². The Morgan fingerprint density at radius 3 is 2.48 bits per heavy atom. The summed E-state index contributed by atoms with van der Waals surface area (Å²) in [6, 6.07) is 9.00. The Morgan fingerprint density at radius 1 is 1.04 bits per heavy atom. The lowest BCUT2D eigenvalue weighted by molar-refractivity contribution is 0.297. The van der Waals surface area contributed by atoms with E-state index in [1.165, 1.54) is 12.1 Å². The SMILES string of the molecule is C[C@H](NS(=O)(=O)c1ccc2c(c1)OCCCO2)c1ccc(Cl)cc1Cl. The van der Waals surface area contributed by atoms with Gasteiger partial charge in [-0.15, -0.1) is 0 Å². The molecule has 3 rings (SSSR count). The second-order valence-electron chi connectivity index (χ2n) is 5.67. The van der Waals surface area contributed by atoms with E-state index in [-0.39, 0.29) is 4.90 Å². The number of nitrogens with one attached hydrogen (secondary N) is 1. The molecule has 1 heterocycles. The van der Waals surface area contributed by atoms with Gasteiger partial charge in [-0.1, -0.05) is 29.3 Å². The number of benzene rings is 2. The van der Waals surface area contributed by atoms with Crippen LogP contribution in [-0.2, 0) is 10.0 Å². The van der Waals surface area contributed by atoms with Crippen LogP contribution in [0.5, 0.6) is 11.5 Å². The van der Waals surface area contributed by atoms with E-state index in [0.29, 0.717) is 40.3 Å². The van der Waals surface area contributed by atoms with E-state index in [1.807, 2.05) is 0 Å². The van der Waals surface area contributed by atoms with Gasteiger partial charge in [0.25, 0.3) is 0 Å². The Balaban J connectivity index is 1.85. The van der Waals surface area contributed by atoms with Crippen molar-refractivity contribution >= 4 is 33.2 Å². The number of halogens is 2. The second-order valence-corrected chi connectivity index (χ2v) is 8.23. The van der Waals surface area contributed by atoms with Crippen LogP contribution in [-0.4, -0.2) is 21.6 Å². The monoisotopic (exact) mass is 401 g/mol. The van der Waals surface area contributed by atoms with Crippen molar-refractivity contribution in [3.05, 3.63) is 52.0 Å². The van der Waals surface area contributed by atoms with Crippen molar-refractivity contribution in [3.63, 3.8) is 0 Å². The van der Waals surface area contributed by atoms with Gasteiger partial charge in [0.1, 0.15) is 0 Å². The molecule has 1 aliphatic rings. The predicted molar refractivity (Wildman–Crippen MR) is 97.2 cm³/mol. The maximum absolute atomic E-state index is 12.7. The third kappa shape index (κ3) is 4.20. The Hall–Kier alpha value is -1.47. The van der Waals surface area contributed by atoms with E-state index in [9.17, 15) is 8.42 Å². The lowest BCUT2D eigenvalue weighted by Crippen LogP contribution is -2.27. The summed E-state index contributed by atoms with van der Waals surface area (Å²) >= 11 is 12.0. The van der Waals surface area contributed by atoms with Gasteiger partial charge >= 0.3 is 0 Å². The minimum atomic E-state index is -3.76. The summed E-state index contributed by atoms with van der Waals surface area (Å²) in [5, 5.41) is 0.896. The molecule has 0 saturated heterocycles. The highest BCUT2D eigenvalue weighted by atomic mass is 35.5. The topological polar surface area (TPSA) is 64.6 Å². The van der Waals surface area contributed by atoms with Gasteiger partial charge in [-0.05, 0) is 36.8 Å². The van der Waals surface area contributed by atoms with Crippen LogP contribution in [0.2, 0.25) is 10.0 Å². The molecular formula is C17H17Cl2NO4S. The number of rotatable bonds is 4. The quantitative estimate of drug-likeness (QED) is 0.833. The van der Waals surface area contributed by atoms with E-state index in [4.69, 9.17) is 32.7 Å². The summed E-state index contributed by atoms with van der Waals surface area (Å²) in [6.45, 7) is 2.75. The summed E-state index contributed by atoms with van der Waals surface area (Å²) < 4.78 is 39.1. The molecule has 5 nitrogen and oxygen atoms in total. The predicted octanol–water partition coefficient (Wildman–Crippen LogP) is 4.19. The van der Waals surface area contributed by atoms with E-state index in [1.54, 1.807) is 31.2 Å². The molecule has 2 aromatic rings. The third-order valence-corrected chi connectivity index (χ3v) is 5.89. The largest absolute Gasteiger partial charge is 0.490 e. The molecule has 1 N–H and O–H groups in total. The van der Waals surface area contributed by atoms with Gasteiger partial charge in [-0.25, -0.2) is 13.1 Å². The zero-order valence-electron chi connectivity index (χ0n) is 13.5. The highest BCUT2D eigenvalue weighted by molar-refractivity contribution is 7.89. The van der Waals surface area contributed by atoms with Crippen LogP contribution in [0.4, 0.5) is 0 Å². The molecule has 0 amide bonds. The molecule has 0 saturated carbocycles. The Bertz CT molecular complexity index is 886. The fourth-order valence-electron chi connectivity index (χ4n) is 2.53. The maximum atomic E-state index is 12.7. The summed E-state index contributed by atoms with van der Waals surface area (Å²) in [5.74, 6) is 0.975. The number of sulfonamides is 1. The summed E-state index contributed by atoms with van der Waals surface area (Å²) in [7, 11) is -3.76. The first-order valence-corrected chi connectivity index (χ1v) is 9.98. The summed E-state index contributed by atoms with van der Waals surface area (Å²) in [5.41, 5.74) is 0.643. The van der Waals surface area contributed by atoms with Gasteiger partial charge < -0.3 is 9.47 Å². The molecule has 25 heavy (non-hydrogen) atoms. The van der Waals surface area contributed by atoms with Crippen LogP contribution in [0.1, 0.15) is 24.9 Å². The van der Waals surface area contributed by atoms with Crippen LogP contribution in [0.3, 0.4) is 0 Å². The van der Waals surface area contributed by atoms with Crippen LogP contribution < -0.4 is 14.2 Å². The number of hydrogen-bond donors (Lipinski definition) is 1. The zero-order chi connectivity index (χ0) is 18.0. The van der Waals surface area contributed by atoms with E-state index < -0.39 is 16.1 Å². The number of ether oxygens (including phenoxy) is 2. The Labute approximate surface area is 156 Å². The highest BCUT2D eigenvalue weighted by Gasteiger charge is 2.22. The van der Waals surface area contributed by atoms with Gasteiger partial charge in [0.15, 0.2) is 11.5 Å². The summed E-state index contributed by atoms with van der Waals surface area (Å²) in [6.07, 6.45) is 0.751. The lowest BCUT2D eigenvalue weighted by Gasteiger charge is -2.17. The van der Waals surface area contributed by atoms with Crippen LogP contribution >= 0.6 is 23.2 Å². The lowest BCUT2D eigenvalue weighted by atomic mass is 10.1. The van der Waals surface area contributed by atoms with Crippen molar-refractivity contribution in [3.8, 4) is 11.5 Å². The number of hydrogen-bond acceptors (Lipinski definition) is 4. The fraction of sp³-hybridized carbons (Fsp3) is 0.294. The minimum Gasteiger partial charge on any atom is -0.490 e. The molecule has 0 spiro atoms. The average molecular weight is 402 g/mol. The molecule has 8 heteroatoms. The van der Waals surface area contributed by atoms with Crippen molar-refractivity contribution < 1.29 is 17.9 Å². The molecule has 0 aliphatic carbocycles. The second kappa shape index (κ2) is 7.41. The van der Waals surface area contributed by atoms with Crippen LogP contribution in [0.25, 0.3) is 0 Å². The van der Waals surface area contributed by atoms with Gasteiger partial charge in [-0.2, -0.15) is 0 Å². The Morgan fingerprint density at radius 2 is 1.76 bits per heavy atom. The molecule has 0 fully saturated rings. The van der Waals surface area contributed by atoms with Gasteiger partial charge in [0.05, 0.1) is 18.1 Å². The third-order valence-electron chi connectivity index (χ3n) is 3.79. The van der Waals surface area contributed by atoms with E-state index in [2.05, 4.69) is 4.72 Å². The molecular weight excluding hydrogens is 385 g/mol. The average Bonchev–Trinajstić information content (AvgIpc) is 2.78. The zero-order valence-corrected chi connectivity index (χ0v) is 15.8. The molecule has 0 unspecified atom stereocenters. The van der Waals surface area contributed by atoms with Crippen LogP contribution in [0, 0.1) is 0 Å². The molecule has 134 valence electrons. The van der Waals surface area contributed by atoms with Crippen molar-refractivity contribution in [1.29, 1.82) is 0 Å². The normalized spacial score (nSPS) is 15.5. The highest BCUT2D eigenvalue weighted by Crippen LogP contribution is 2.33. The molecule has 1 atom stereocenters. The first-order chi connectivity index (χ1) is 11.9. The van der Waals surface area contributed by atoms with Gasteiger partial charge in [-0.3, -0.25) is 0 Å². The standard InChI is InChI=1S/C17H17Cl2NO4S/c1-11(14-5-3-12(18)9-15(14)19)20-25(21,22)13-4-6-16-17(10-13)24-8-2-7-23-16/h3-6,9-11,20H,2,7-8H2,1H3/t11-/m0/s1. The molecule has 0 aromatic heterocycles. The smallest absolute Gasteiger partial charge is 0.241 e. The maximum Gasteiger partial charge on any atom is 0.241 e. The van der Waals surface area contributed by atoms with Crippen molar-refractivity contribution in [1.82, 2.24) is 4.72 Å². The molecule has 1 aliphatic heterocycles. The molecule has 0 bridgehead atoms. The first kappa shape index (κ1) is 18.3. The number of fused-ring (bicyclic) bond motifs is 1. The van der Waals surface area contributed by atoms with Crippen molar-refractivity contribution in [2.75, 3.05) is 13.2 Å². The van der Waals surface area contributed by atoms with Gasteiger partial charge in [0.2, 0.25) is 10.0 Å². The fourth-order valence-corrected chi connectivity index (χ4v) is 4.34. The van der Waals surface area contributed by atoms with Crippen molar-refractivity contribution in [2.45, 2.75) is 24.3 Å². The van der Waals surface area contributed by atoms with Crippen molar-refractivity contribution in [2.24, 2.45) is 0 Å². The minimum absolute atomic E-state index is 0.105. The van der Waals surface area contributed by atoms with E-state index in [0.717, 1.165) is 6.42 Å². The Kier molecular flexibility index (Phi) is 5.43.